The van der Waals surface area contributed by atoms with E-state index in [1.807, 2.05) is 6.07 Å². The zero-order valence-corrected chi connectivity index (χ0v) is 11.2. The van der Waals surface area contributed by atoms with Gasteiger partial charge in [0.15, 0.2) is 0 Å². The molecule has 100 valence electrons. The van der Waals surface area contributed by atoms with Crippen molar-refractivity contribution in [3.8, 4) is 5.75 Å². The number of morpholine rings is 1. The number of nitrogens with zero attached hydrogens (tertiary/aromatic N) is 1. The van der Waals surface area contributed by atoms with Crippen LogP contribution in [0.5, 0.6) is 5.75 Å². The topological polar surface area (TPSA) is 47.7 Å². The highest BCUT2D eigenvalue weighted by atomic mass is 16.5. The van der Waals surface area contributed by atoms with Crippen molar-refractivity contribution in [2.75, 3.05) is 26.8 Å². The van der Waals surface area contributed by atoms with Crippen LogP contribution in [0.1, 0.15) is 18.1 Å². The zero-order valence-electron chi connectivity index (χ0n) is 11.2. The number of hydrogen-bond acceptors (Lipinski definition) is 4. The van der Waals surface area contributed by atoms with Gasteiger partial charge in [-0.05, 0) is 24.6 Å². The molecule has 1 heterocycles. The standard InChI is InChI=1S/C14H22N2O2/c1-11-9-16(5-6-18-11)10-12-3-4-14(17-2)13(7-12)8-15/h3-4,7,11H,5-6,8-10,15H2,1-2H3. The quantitative estimate of drug-likeness (QED) is 0.877. The van der Waals surface area contributed by atoms with Crippen LogP contribution in [0.4, 0.5) is 0 Å². The molecule has 4 heteroatoms. The molecule has 1 fully saturated rings. The number of nitrogens with two attached hydrogens (primary N) is 1. The molecular weight excluding hydrogens is 228 g/mol. The van der Waals surface area contributed by atoms with Crippen molar-refractivity contribution in [1.29, 1.82) is 0 Å². The average molecular weight is 250 g/mol. The van der Waals surface area contributed by atoms with Crippen LogP contribution in [0.25, 0.3) is 0 Å². The molecular formula is C14H22N2O2. The van der Waals surface area contributed by atoms with Crippen LogP contribution < -0.4 is 10.5 Å². The smallest absolute Gasteiger partial charge is 0.123 e. The summed E-state index contributed by atoms with van der Waals surface area (Å²) in [6.45, 7) is 6.38. The summed E-state index contributed by atoms with van der Waals surface area (Å²) in [4.78, 5) is 2.41. The summed E-state index contributed by atoms with van der Waals surface area (Å²) in [5.74, 6) is 0.872. The maximum absolute atomic E-state index is 5.74. The van der Waals surface area contributed by atoms with Gasteiger partial charge in [0.2, 0.25) is 0 Å². The Hall–Kier alpha value is -1.10. The summed E-state index contributed by atoms with van der Waals surface area (Å²) in [7, 11) is 1.68. The largest absolute Gasteiger partial charge is 0.496 e. The maximum Gasteiger partial charge on any atom is 0.123 e. The van der Waals surface area contributed by atoms with E-state index in [1.165, 1.54) is 5.56 Å². The molecule has 0 saturated carbocycles. The fourth-order valence-corrected chi connectivity index (χ4v) is 2.38. The molecule has 0 amide bonds. The minimum Gasteiger partial charge on any atom is -0.496 e. The number of methoxy groups -OCH3 is 1. The van der Waals surface area contributed by atoms with Crippen molar-refractivity contribution in [1.82, 2.24) is 4.90 Å². The molecule has 2 N–H and O–H groups in total. The second kappa shape index (κ2) is 6.18. The van der Waals surface area contributed by atoms with Crippen molar-refractivity contribution in [3.05, 3.63) is 29.3 Å². The third kappa shape index (κ3) is 3.22. The Labute approximate surface area is 109 Å². The van der Waals surface area contributed by atoms with Crippen LogP contribution >= 0.6 is 0 Å². The summed E-state index contributed by atoms with van der Waals surface area (Å²) >= 11 is 0. The van der Waals surface area contributed by atoms with Crippen molar-refractivity contribution >= 4 is 0 Å². The van der Waals surface area contributed by atoms with Gasteiger partial charge < -0.3 is 15.2 Å². The van der Waals surface area contributed by atoms with E-state index < -0.39 is 0 Å². The van der Waals surface area contributed by atoms with Gasteiger partial charge in [0.1, 0.15) is 5.75 Å². The molecule has 2 rings (SSSR count). The first-order chi connectivity index (χ1) is 8.72. The molecule has 1 saturated heterocycles. The normalized spacial score (nSPS) is 20.9. The summed E-state index contributed by atoms with van der Waals surface area (Å²) < 4.78 is 10.8. The second-order valence-corrected chi connectivity index (χ2v) is 4.77. The SMILES string of the molecule is COc1ccc(CN2CCOC(C)C2)cc1CN. The minimum atomic E-state index is 0.325. The van der Waals surface area contributed by atoms with E-state index in [1.54, 1.807) is 7.11 Å². The van der Waals surface area contributed by atoms with Gasteiger partial charge in [-0.15, -0.1) is 0 Å². The lowest BCUT2D eigenvalue weighted by Crippen LogP contribution is -2.40. The number of hydrogen-bond donors (Lipinski definition) is 1. The zero-order chi connectivity index (χ0) is 13.0. The molecule has 1 aliphatic heterocycles. The molecule has 0 radical (unpaired) electrons. The summed E-state index contributed by atoms with van der Waals surface area (Å²) in [6.07, 6.45) is 0.325. The van der Waals surface area contributed by atoms with Crippen molar-refractivity contribution < 1.29 is 9.47 Å². The van der Waals surface area contributed by atoms with E-state index in [9.17, 15) is 0 Å². The average Bonchev–Trinajstić information content (AvgIpc) is 2.38. The maximum atomic E-state index is 5.74. The van der Waals surface area contributed by atoms with Crippen LogP contribution in [0.15, 0.2) is 18.2 Å². The van der Waals surface area contributed by atoms with E-state index in [0.29, 0.717) is 12.6 Å². The van der Waals surface area contributed by atoms with Crippen LogP contribution in [0.3, 0.4) is 0 Å². The molecule has 4 nitrogen and oxygen atoms in total. The van der Waals surface area contributed by atoms with Crippen molar-refractivity contribution in [2.24, 2.45) is 5.73 Å². The lowest BCUT2D eigenvalue weighted by Gasteiger charge is -2.31. The molecule has 1 aliphatic rings. The van der Waals surface area contributed by atoms with Gasteiger partial charge in [-0.25, -0.2) is 0 Å². The van der Waals surface area contributed by atoms with Gasteiger partial charge >= 0.3 is 0 Å². The highest BCUT2D eigenvalue weighted by Gasteiger charge is 2.16. The lowest BCUT2D eigenvalue weighted by atomic mass is 10.1. The molecule has 0 spiro atoms. The first-order valence-corrected chi connectivity index (χ1v) is 6.42. The fourth-order valence-electron chi connectivity index (χ4n) is 2.38. The van der Waals surface area contributed by atoms with Gasteiger partial charge in [0.25, 0.3) is 0 Å². The van der Waals surface area contributed by atoms with E-state index in [0.717, 1.165) is 37.6 Å². The first-order valence-electron chi connectivity index (χ1n) is 6.42. The summed E-state index contributed by atoms with van der Waals surface area (Å²) in [6, 6.07) is 6.25. The highest BCUT2D eigenvalue weighted by molar-refractivity contribution is 5.37. The van der Waals surface area contributed by atoms with Gasteiger partial charge in [-0.2, -0.15) is 0 Å². The Morgan fingerprint density at radius 2 is 2.33 bits per heavy atom. The van der Waals surface area contributed by atoms with Crippen molar-refractivity contribution in [2.45, 2.75) is 26.1 Å². The molecule has 18 heavy (non-hydrogen) atoms. The Morgan fingerprint density at radius 1 is 1.50 bits per heavy atom. The van der Waals surface area contributed by atoms with E-state index in [-0.39, 0.29) is 0 Å². The van der Waals surface area contributed by atoms with Crippen LogP contribution in [0.2, 0.25) is 0 Å². The second-order valence-electron chi connectivity index (χ2n) is 4.77. The third-order valence-corrected chi connectivity index (χ3v) is 3.30. The van der Waals surface area contributed by atoms with Crippen LogP contribution in [-0.4, -0.2) is 37.8 Å². The van der Waals surface area contributed by atoms with Gasteiger partial charge in [-0.1, -0.05) is 6.07 Å². The molecule has 1 aromatic carbocycles. The van der Waals surface area contributed by atoms with E-state index >= 15 is 0 Å². The summed E-state index contributed by atoms with van der Waals surface area (Å²) in [5.41, 5.74) is 8.09. The molecule has 1 unspecified atom stereocenters. The Morgan fingerprint density at radius 3 is 3.00 bits per heavy atom. The molecule has 0 aromatic heterocycles. The molecule has 0 aliphatic carbocycles. The highest BCUT2D eigenvalue weighted by Crippen LogP contribution is 2.20. The van der Waals surface area contributed by atoms with Gasteiger partial charge in [0, 0.05) is 31.7 Å². The monoisotopic (exact) mass is 250 g/mol. The molecule has 1 atom stereocenters. The Kier molecular flexibility index (Phi) is 4.58. The number of benzene rings is 1. The van der Waals surface area contributed by atoms with Gasteiger partial charge in [-0.3, -0.25) is 4.90 Å². The summed E-state index contributed by atoms with van der Waals surface area (Å²) in [5, 5.41) is 0. The van der Waals surface area contributed by atoms with Gasteiger partial charge in [0.05, 0.1) is 19.8 Å². The van der Waals surface area contributed by atoms with E-state index in [2.05, 4.69) is 24.0 Å². The molecule has 1 aromatic rings. The molecule has 0 bridgehead atoms. The van der Waals surface area contributed by atoms with E-state index in [4.69, 9.17) is 15.2 Å². The minimum absolute atomic E-state index is 0.325. The number of ether oxygens (including phenoxy) is 2. The van der Waals surface area contributed by atoms with Crippen LogP contribution in [-0.2, 0) is 17.8 Å². The van der Waals surface area contributed by atoms with Crippen molar-refractivity contribution in [3.63, 3.8) is 0 Å². The number of rotatable bonds is 4. The fraction of sp³-hybridized carbons (Fsp3) is 0.571. The third-order valence-electron chi connectivity index (χ3n) is 3.30. The Balaban J connectivity index is 2.04. The Bertz CT molecular complexity index is 395. The predicted octanol–water partition coefficient (Wildman–Crippen LogP) is 1.37. The lowest BCUT2D eigenvalue weighted by molar-refractivity contribution is -0.0212. The predicted molar refractivity (Wildman–Crippen MR) is 71.6 cm³/mol. The van der Waals surface area contributed by atoms with Crippen LogP contribution in [0, 0.1) is 0 Å². The first kappa shape index (κ1) is 13.3.